The van der Waals surface area contributed by atoms with Crippen molar-refractivity contribution < 1.29 is 9.53 Å². The maximum absolute atomic E-state index is 11.4. The Hall–Kier alpha value is -2.73. The quantitative estimate of drug-likeness (QED) is 0.714. The van der Waals surface area contributed by atoms with Crippen LogP contribution in [0.25, 0.3) is 10.6 Å². The van der Waals surface area contributed by atoms with E-state index in [4.69, 9.17) is 4.74 Å². The van der Waals surface area contributed by atoms with Crippen LogP contribution in [0.4, 0.5) is 11.6 Å². The van der Waals surface area contributed by atoms with Crippen LogP contribution in [-0.2, 0) is 0 Å². The number of carbonyl (C=O) groups is 1. The van der Waals surface area contributed by atoms with Crippen molar-refractivity contribution >= 4 is 28.8 Å². The molecule has 3 aromatic rings. The highest BCUT2D eigenvalue weighted by molar-refractivity contribution is 7.17. The first-order valence-electron chi connectivity index (χ1n) is 7.01. The van der Waals surface area contributed by atoms with E-state index in [0.29, 0.717) is 5.95 Å². The lowest BCUT2D eigenvalue weighted by molar-refractivity contribution is 0.102. The predicted molar refractivity (Wildman–Crippen MR) is 91.6 cm³/mol. The lowest BCUT2D eigenvalue weighted by Gasteiger charge is -2.06. The van der Waals surface area contributed by atoms with Gasteiger partial charge in [-0.05, 0) is 49.4 Å². The molecule has 0 saturated heterocycles. The van der Waals surface area contributed by atoms with E-state index < -0.39 is 0 Å². The summed E-state index contributed by atoms with van der Waals surface area (Å²) >= 11 is 1.43. The second-order valence-corrected chi connectivity index (χ2v) is 5.92. The van der Waals surface area contributed by atoms with Crippen molar-refractivity contribution in [3.63, 3.8) is 0 Å². The fourth-order valence-electron chi connectivity index (χ4n) is 2.02. The van der Waals surface area contributed by atoms with Crippen molar-refractivity contribution in [2.75, 3.05) is 12.4 Å². The minimum Gasteiger partial charge on any atom is -0.497 e. The maximum Gasteiger partial charge on any atom is 0.227 e. The summed E-state index contributed by atoms with van der Waals surface area (Å²) in [4.78, 5) is 21.8. The van der Waals surface area contributed by atoms with Gasteiger partial charge >= 0.3 is 0 Å². The van der Waals surface area contributed by atoms with Gasteiger partial charge in [-0.3, -0.25) is 4.79 Å². The molecule has 0 unspecified atom stereocenters. The second-order valence-electron chi connectivity index (χ2n) is 4.84. The number of aromatic nitrogens is 2. The lowest BCUT2D eigenvalue weighted by Crippen LogP contribution is -1.97. The van der Waals surface area contributed by atoms with Gasteiger partial charge in [0.15, 0.2) is 5.78 Å². The highest BCUT2D eigenvalue weighted by atomic mass is 32.1. The van der Waals surface area contributed by atoms with Gasteiger partial charge in [-0.2, -0.15) is 0 Å². The second kappa shape index (κ2) is 6.58. The number of ether oxygens (including phenoxy) is 1. The van der Waals surface area contributed by atoms with Gasteiger partial charge in [0.2, 0.25) is 5.95 Å². The van der Waals surface area contributed by atoms with Crippen LogP contribution in [0.5, 0.6) is 5.75 Å². The van der Waals surface area contributed by atoms with Crippen LogP contribution in [0, 0.1) is 0 Å². The van der Waals surface area contributed by atoms with Crippen LogP contribution in [0.3, 0.4) is 0 Å². The van der Waals surface area contributed by atoms with Gasteiger partial charge in [-0.15, -0.1) is 11.3 Å². The fourth-order valence-corrected chi connectivity index (χ4v) is 2.90. The zero-order valence-electron chi connectivity index (χ0n) is 12.7. The van der Waals surface area contributed by atoms with Crippen LogP contribution in [0.2, 0.25) is 0 Å². The highest BCUT2D eigenvalue weighted by Gasteiger charge is 2.08. The Morgan fingerprint density at radius 1 is 1.13 bits per heavy atom. The van der Waals surface area contributed by atoms with Crippen LogP contribution in [0.15, 0.2) is 48.7 Å². The van der Waals surface area contributed by atoms with Gasteiger partial charge in [0.05, 0.1) is 22.6 Å². The Bertz CT molecular complexity index is 828. The van der Waals surface area contributed by atoms with Crippen molar-refractivity contribution in [2.45, 2.75) is 6.92 Å². The van der Waals surface area contributed by atoms with E-state index in [9.17, 15) is 4.79 Å². The number of carbonyl (C=O) groups excluding carboxylic acids is 1. The summed E-state index contributed by atoms with van der Waals surface area (Å²) in [5.41, 5.74) is 1.66. The Kier molecular flexibility index (Phi) is 4.34. The number of ketones is 1. The molecule has 0 aliphatic carbocycles. The molecule has 0 aliphatic heterocycles. The SMILES string of the molecule is COc1ccc(Nc2nccc(-c3ccc(C(C)=O)s3)n2)cc1. The van der Waals surface area contributed by atoms with Gasteiger partial charge in [0.25, 0.3) is 0 Å². The van der Waals surface area contributed by atoms with Gasteiger partial charge < -0.3 is 10.1 Å². The Balaban J connectivity index is 1.82. The van der Waals surface area contributed by atoms with Gasteiger partial charge in [-0.25, -0.2) is 9.97 Å². The standard InChI is InChI=1S/C17H15N3O2S/c1-11(21)15-7-8-16(23-15)14-9-10-18-17(20-14)19-12-3-5-13(22-2)6-4-12/h3-10H,1-2H3,(H,18,19,20). The monoisotopic (exact) mass is 325 g/mol. The number of methoxy groups -OCH3 is 1. The number of rotatable bonds is 5. The number of thiophene rings is 1. The zero-order valence-corrected chi connectivity index (χ0v) is 13.6. The third-order valence-corrected chi connectivity index (χ3v) is 4.42. The average Bonchev–Trinajstić information content (AvgIpc) is 3.06. The normalized spacial score (nSPS) is 10.3. The Morgan fingerprint density at radius 2 is 1.91 bits per heavy atom. The van der Waals surface area contributed by atoms with Crippen molar-refractivity contribution in [1.29, 1.82) is 0 Å². The first-order valence-corrected chi connectivity index (χ1v) is 7.82. The Labute approximate surface area is 138 Å². The predicted octanol–water partition coefficient (Wildman–Crippen LogP) is 4.16. The molecule has 0 fully saturated rings. The van der Waals surface area contributed by atoms with Crippen molar-refractivity contribution in [2.24, 2.45) is 0 Å². The molecule has 23 heavy (non-hydrogen) atoms. The van der Waals surface area contributed by atoms with Crippen molar-refractivity contribution in [3.8, 4) is 16.3 Å². The van der Waals surface area contributed by atoms with E-state index in [1.807, 2.05) is 42.5 Å². The topological polar surface area (TPSA) is 64.1 Å². The molecule has 0 amide bonds. The number of hydrogen-bond donors (Lipinski definition) is 1. The highest BCUT2D eigenvalue weighted by Crippen LogP contribution is 2.27. The molecule has 116 valence electrons. The number of nitrogens with one attached hydrogen (secondary N) is 1. The van der Waals surface area contributed by atoms with E-state index in [1.165, 1.54) is 11.3 Å². The number of hydrogen-bond acceptors (Lipinski definition) is 6. The first kappa shape index (κ1) is 15.2. The van der Waals surface area contributed by atoms with E-state index in [1.54, 1.807) is 20.2 Å². The summed E-state index contributed by atoms with van der Waals surface area (Å²) in [6, 6.07) is 13.1. The maximum atomic E-state index is 11.4. The number of benzene rings is 1. The zero-order chi connectivity index (χ0) is 16.2. The van der Waals surface area contributed by atoms with Gasteiger partial charge in [0, 0.05) is 11.9 Å². The molecule has 3 rings (SSSR count). The lowest BCUT2D eigenvalue weighted by atomic mass is 10.3. The largest absolute Gasteiger partial charge is 0.497 e. The van der Waals surface area contributed by atoms with E-state index in [2.05, 4.69) is 15.3 Å². The van der Waals surface area contributed by atoms with E-state index >= 15 is 0 Å². The summed E-state index contributed by atoms with van der Waals surface area (Å²) < 4.78 is 5.13. The minimum absolute atomic E-state index is 0.0619. The fraction of sp³-hybridized carbons (Fsp3) is 0.118. The third kappa shape index (κ3) is 3.54. The van der Waals surface area contributed by atoms with Gasteiger partial charge in [-0.1, -0.05) is 0 Å². The number of Topliss-reactive ketones (excluding diaryl/α,β-unsaturated/α-hetero) is 1. The third-order valence-electron chi connectivity index (χ3n) is 3.21. The Morgan fingerprint density at radius 3 is 2.57 bits per heavy atom. The summed E-state index contributed by atoms with van der Waals surface area (Å²) in [5, 5.41) is 3.15. The summed E-state index contributed by atoms with van der Waals surface area (Å²) in [6.45, 7) is 1.56. The summed E-state index contributed by atoms with van der Waals surface area (Å²) in [6.07, 6.45) is 1.70. The molecule has 0 atom stereocenters. The molecule has 2 aromatic heterocycles. The smallest absolute Gasteiger partial charge is 0.227 e. The number of anilines is 2. The van der Waals surface area contributed by atoms with Crippen LogP contribution >= 0.6 is 11.3 Å². The molecule has 0 aliphatic rings. The summed E-state index contributed by atoms with van der Waals surface area (Å²) in [7, 11) is 1.63. The summed E-state index contributed by atoms with van der Waals surface area (Å²) in [5.74, 6) is 1.36. The van der Waals surface area contributed by atoms with Crippen LogP contribution < -0.4 is 10.1 Å². The molecule has 0 saturated carbocycles. The number of nitrogens with zero attached hydrogens (tertiary/aromatic N) is 2. The van der Waals surface area contributed by atoms with Crippen LogP contribution in [-0.4, -0.2) is 22.9 Å². The molecule has 2 heterocycles. The molecule has 1 aromatic carbocycles. The molecular weight excluding hydrogens is 310 g/mol. The molecule has 1 N–H and O–H groups in total. The molecule has 0 bridgehead atoms. The van der Waals surface area contributed by atoms with E-state index in [0.717, 1.165) is 26.9 Å². The molecule has 5 nitrogen and oxygen atoms in total. The molecule has 6 heteroatoms. The van der Waals surface area contributed by atoms with Crippen molar-refractivity contribution in [3.05, 3.63) is 53.5 Å². The van der Waals surface area contributed by atoms with E-state index in [-0.39, 0.29) is 5.78 Å². The molecule has 0 spiro atoms. The minimum atomic E-state index is 0.0619. The van der Waals surface area contributed by atoms with Crippen LogP contribution in [0.1, 0.15) is 16.6 Å². The first-order chi connectivity index (χ1) is 11.2. The average molecular weight is 325 g/mol. The van der Waals surface area contributed by atoms with Gasteiger partial charge in [0.1, 0.15) is 5.75 Å². The molecule has 0 radical (unpaired) electrons. The van der Waals surface area contributed by atoms with Crippen molar-refractivity contribution in [1.82, 2.24) is 9.97 Å². The molecular formula is C17H15N3O2S.